The van der Waals surface area contributed by atoms with Crippen LogP contribution >= 0.6 is 11.6 Å². The van der Waals surface area contributed by atoms with Crippen LogP contribution in [-0.4, -0.2) is 0 Å². The van der Waals surface area contributed by atoms with Crippen molar-refractivity contribution in [2.45, 2.75) is 69.1 Å². The summed E-state index contributed by atoms with van der Waals surface area (Å²) < 4.78 is 0. The van der Waals surface area contributed by atoms with Crippen molar-refractivity contribution >= 4 is 17.2 Å². The second kappa shape index (κ2) is 9.35. The van der Waals surface area contributed by atoms with Crippen molar-refractivity contribution in [1.29, 1.82) is 0 Å². The van der Waals surface area contributed by atoms with E-state index < -0.39 is 0 Å². The highest BCUT2D eigenvalue weighted by Gasteiger charge is 2.45. The maximum atomic E-state index is 6.70. The van der Waals surface area contributed by atoms with Gasteiger partial charge in [0.05, 0.1) is 0 Å². The van der Waals surface area contributed by atoms with E-state index in [1.165, 1.54) is 82.2 Å². The van der Waals surface area contributed by atoms with Gasteiger partial charge in [-0.3, -0.25) is 0 Å². The summed E-state index contributed by atoms with van der Waals surface area (Å²) in [5, 5.41) is 0.821. The molecule has 0 bridgehead atoms. The predicted molar refractivity (Wildman–Crippen MR) is 169 cm³/mol. The van der Waals surface area contributed by atoms with Crippen LogP contribution in [0.4, 0.5) is 0 Å². The largest absolute Gasteiger partial charge is 0.0843 e. The van der Waals surface area contributed by atoms with E-state index >= 15 is 0 Å². The Morgan fingerprint density at radius 2 is 1.52 bits per heavy atom. The van der Waals surface area contributed by atoms with Crippen molar-refractivity contribution in [3.05, 3.63) is 135 Å². The number of benzene rings is 4. The highest BCUT2D eigenvalue weighted by molar-refractivity contribution is 6.31. The molecule has 0 amide bonds. The maximum absolute atomic E-state index is 6.70. The van der Waals surface area contributed by atoms with Crippen molar-refractivity contribution in [1.82, 2.24) is 0 Å². The molecule has 40 heavy (non-hydrogen) atoms. The highest BCUT2D eigenvalue weighted by atomic mass is 35.5. The fraction of sp³-hybridized carbons (Fsp3) is 0.282. The van der Waals surface area contributed by atoms with Crippen molar-refractivity contribution in [2.75, 3.05) is 0 Å². The molecule has 0 N–H and O–H groups in total. The van der Waals surface area contributed by atoms with Crippen LogP contribution in [0.2, 0.25) is 5.02 Å². The van der Waals surface area contributed by atoms with E-state index in [4.69, 9.17) is 11.6 Å². The first-order valence-electron chi connectivity index (χ1n) is 15.2. The van der Waals surface area contributed by atoms with Crippen LogP contribution in [0.15, 0.2) is 97.1 Å². The van der Waals surface area contributed by atoms with Crippen molar-refractivity contribution < 1.29 is 0 Å². The number of rotatable bonds is 2. The zero-order valence-corrected chi connectivity index (χ0v) is 24.0. The topological polar surface area (TPSA) is 0 Å². The minimum absolute atomic E-state index is 0.164. The standard InChI is InChI=1S/C39H35Cl/c1-25-32-23-35-30-12-6-7-13-36(30)39(20-8-3-9-21-39)37(35)24-34(32)33-22-29(40)18-19-31(33)38(25)28-16-14-27(15-17-28)26-10-4-2-5-11-26/h2,4,6-7,10,12-19,22-25,38H,3,5,8-9,11,20-21H2,1H3. The molecule has 0 radical (unpaired) electrons. The first-order valence-corrected chi connectivity index (χ1v) is 15.6. The monoisotopic (exact) mass is 538 g/mol. The number of allylic oxidation sites excluding steroid dienone is 4. The SMILES string of the molecule is CC1c2cc3c(cc2-c2cc(Cl)ccc2C1c1ccc(C2=CC=CCC2)cc1)C1(CCCCC1)c1ccccc1-3. The smallest absolute Gasteiger partial charge is 0.0412 e. The first-order chi connectivity index (χ1) is 19.6. The van der Waals surface area contributed by atoms with Crippen LogP contribution < -0.4 is 0 Å². The highest BCUT2D eigenvalue weighted by Crippen LogP contribution is 2.59. The molecule has 4 aliphatic rings. The third-order valence-corrected chi connectivity index (χ3v) is 10.7. The third-order valence-electron chi connectivity index (χ3n) is 10.4. The van der Waals surface area contributed by atoms with Crippen LogP contribution in [0.5, 0.6) is 0 Å². The summed E-state index contributed by atoms with van der Waals surface area (Å²) in [7, 11) is 0. The van der Waals surface area contributed by atoms with Gasteiger partial charge in [-0.15, -0.1) is 0 Å². The molecule has 4 aromatic rings. The second-order valence-electron chi connectivity index (χ2n) is 12.5. The van der Waals surface area contributed by atoms with Gasteiger partial charge in [0.25, 0.3) is 0 Å². The minimum Gasteiger partial charge on any atom is -0.0843 e. The first kappa shape index (κ1) is 24.4. The van der Waals surface area contributed by atoms with E-state index in [-0.39, 0.29) is 5.41 Å². The van der Waals surface area contributed by atoms with E-state index in [1.807, 2.05) is 0 Å². The molecule has 0 aromatic heterocycles. The molecule has 4 aliphatic carbocycles. The van der Waals surface area contributed by atoms with Gasteiger partial charge in [-0.25, -0.2) is 0 Å². The molecule has 2 atom stereocenters. The van der Waals surface area contributed by atoms with E-state index in [0.29, 0.717) is 11.8 Å². The summed E-state index contributed by atoms with van der Waals surface area (Å²) >= 11 is 6.70. The number of hydrogen-bond donors (Lipinski definition) is 0. The van der Waals surface area contributed by atoms with Gasteiger partial charge in [0, 0.05) is 16.4 Å². The van der Waals surface area contributed by atoms with Gasteiger partial charge < -0.3 is 0 Å². The van der Waals surface area contributed by atoms with Gasteiger partial charge in [0.15, 0.2) is 0 Å². The van der Waals surface area contributed by atoms with Crippen molar-refractivity contribution in [2.24, 2.45) is 0 Å². The fourth-order valence-corrected chi connectivity index (χ4v) is 8.69. The van der Waals surface area contributed by atoms with E-state index in [0.717, 1.165) is 17.9 Å². The van der Waals surface area contributed by atoms with E-state index in [9.17, 15) is 0 Å². The Balaban J connectivity index is 1.30. The number of halogens is 1. The molecule has 1 fully saturated rings. The van der Waals surface area contributed by atoms with Gasteiger partial charge in [-0.1, -0.05) is 111 Å². The molecule has 0 heterocycles. The number of hydrogen-bond acceptors (Lipinski definition) is 0. The van der Waals surface area contributed by atoms with Crippen LogP contribution in [0.25, 0.3) is 27.8 Å². The number of fused-ring (bicyclic) bond motifs is 8. The Hall–Kier alpha value is -3.35. The quantitative estimate of drug-likeness (QED) is 0.238. The van der Waals surface area contributed by atoms with Crippen LogP contribution in [0.1, 0.15) is 97.1 Å². The lowest BCUT2D eigenvalue weighted by atomic mass is 9.65. The Kier molecular flexibility index (Phi) is 5.72. The van der Waals surface area contributed by atoms with Gasteiger partial charge in [0.2, 0.25) is 0 Å². The summed E-state index contributed by atoms with van der Waals surface area (Å²) in [4.78, 5) is 0. The van der Waals surface area contributed by atoms with Crippen LogP contribution in [-0.2, 0) is 5.41 Å². The van der Waals surface area contributed by atoms with Gasteiger partial charge >= 0.3 is 0 Å². The molecule has 0 aliphatic heterocycles. The lowest BCUT2D eigenvalue weighted by Crippen LogP contribution is -2.28. The lowest BCUT2D eigenvalue weighted by molar-refractivity contribution is 0.353. The molecular weight excluding hydrogens is 504 g/mol. The average Bonchev–Trinajstić information content (AvgIpc) is 3.26. The maximum Gasteiger partial charge on any atom is 0.0412 e. The Morgan fingerprint density at radius 1 is 0.725 bits per heavy atom. The molecule has 0 saturated heterocycles. The Bertz CT molecular complexity index is 1690. The predicted octanol–water partition coefficient (Wildman–Crippen LogP) is 11.2. The molecule has 0 nitrogen and oxygen atoms in total. The van der Waals surface area contributed by atoms with E-state index in [1.54, 1.807) is 11.1 Å². The minimum atomic E-state index is 0.164. The molecule has 4 aromatic carbocycles. The van der Waals surface area contributed by atoms with Crippen LogP contribution in [0, 0.1) is 0 Å². The zero-order valence-electron chi connectivity index (χ0n) is 23.2. The molecule has 1 spiro atoms. The van der Waals surface area contributed by atoms with Crippen molar-refractivity contribution in [3.63, 3.8) is 0 Å². The van der Waals surface area contributed by atoms with E-state index in [2.05, 4.69) is 104 Å². The van der Waals surface area contributed by atoms with Crippen molar-refractivity contribution in [3.8, 4) is 22.3 Å². The second-order valence-corrected chi connectivity index (χ2v) is 12.9. The molecular formula is C39H35Cl. The van der Waals surface area contributed by atoms with Gasteiger partial charge in [-0.05, 0) is 117 Å². The van der Waals surface area contributed by atoms with Gasteiger partial charge in [0.1, 0.15) is 0 Å². The normalized spacial score (nSPS) is 21.8. The van der Waals surface area contributed by atoms with Gasteiger partial charge in [-0.2, -0.15) is 0 Å². The summed E-state index contributed by atoms with van der Waals surface area (Å²) in [5.41, 5.74) is 16.0. The third kappa shape index (κ3) is 3.58. The fourth-order valence-electron chi connectivity index (χ4n) is 8.52. The molecule has 1 saturated carbocycles. The Morgan fingerprint density at radius 3 is 2.33 bits per heavy atom. The summed E-state index contributed by atoms with van der Waals surface area (Å²) in [6.07, 6.45) is 15.5. The zero-order chi connectivity index (χ0) is 26.8. The molecule has 1 heteroatoms. The average molecular weight is 539 g/mol. The Labute approximate surface area is 243 Å². The van der Waals surface area contributed by atoms with Crippen LogP contribution in [0.3, 0.4) is 0 Å². The summed E-state index contributed by atoms with van der Waals surface area (Å²) in [6.45, 7) is 2.44. The summed E-state index contributed by atoms with van der Waals surface area (Å²) in [5.74, 6) is 0.666. The lowest BCUT2D eigenvalue weighted by Gasteiger charge is -2.38. The molecule has 2 unspecified atom stereocenters. The summed E-state index contributed by atoms with van der Waals surface area (Å²) in [6, 6.07) is 30.4. The molecule has 8 rings (SSSR count). The molecule has 198 valence electrons.